The van der Waals surface area contributed by atoms with Crippen LogP contribution in [0.3, 0.4) is 0 Å². The van der Waals surface area contributed by atoms with Gasteiger partial charge in [0, 0.05) is 63.3 Å². The van der Waals surface area contributed by atoms with Crippen LogP contribution < -0.4 is 29.9 Å². The molecule has 5 N–H and O–H groups in total. The molecule has 4 aliphatic rings. The number of hydrogen-bond donors (Lipinski definition) is 5. The van der Waals surface area contributed by atoms with Gasteiger partial charge in [0.15, 0.2) is 10.1 Å². The zero-order valence-corrected chi connectivity index (χ0v) is 55.5. The molecule has 0 spiro atoms. The molecule has 10 rings (SSSR count). The highest BCUT2D eigenvalue weighted by Crippen LogP contribution is 2.44. The summed E-state index contributed by atoms with van der Waals surface area (Å²) in [4.78, 5) is 68.9. The molecular formula is C64H83BrN12O8S2. The van der Waals surface area contributed by atoms with Crippen molar-refractivity contribution < 1.29 is 36.3 Å². The third-order valence-electron chi connectivity index (χ3n) is 16.0. The molecule has 2 fully saturated rings. The number of carbonyl (C=O) groups is 3. The fourth-order valence-corrected chi connectivity index (χ4v) is 13.8. The molecule has 466 valence electrons. The summed E-state index contributed by atoms with van der Waals surface area (Å²) < 4.78 is 59.0. The second-order valence-electron chi connectivity index (χ2n) is 27.1. The zero-order chi connectivity index (χ0) is 63.8. The van der Waals surface area contributed by atoms with Gasteiger partial charge in [-0.15, -0.1) is 0 Å². The summed E-state index contributed by atoms with van der Waals surface area (Å²) in [5.41, 5.74) is 2.18. The molecule has 0 saturated carbocycles. The van der Waals surface area contributed by atoms with Gasteiger partial charge in [0.1, 0.15) is 29.1 Å². The molecule has 2 amide bonds. The molecule has 23 heteroatoms. The van der Waals surface area contributed by atoms with Crippen LogP contribution in [0.2, 0.25) is 0 Å². The standard InChI is InChI=1S/C32H42N6O4S.C29H35BrN6O3S.C3H6O/c1-30(2,3)25-14-12-22-28(35-25)38-19-20(18-31(38,4)5)11-13-23(24-17-21(15-16-33-24)32(6,7)40)34-26-9-8-10-27(36-26)43(41,42)37-29(22)39;1-28(2,3)23-12-10-20-26(33-23)36-17-18(16-29(36,4)5)9-11-21(22-15-19(30)13-14-31-22)32-24-7-6-8-25(34-24)40(38,39)35-27(20)37;1-3(2)4/h8-10,12,14-17,20,23,40H,11,13,18-19H2,1-7H3,(H,34,36)(H,37,39);6-8,10,12-15,18,21H,9,11,16-17H2,1-5H3,(H,32,34)(H,35,37);1-2H3/t20-,23?;18-,21?;/m00./s1. The maximum absolute atomic E-state index is 13.6. The number of ketones is 1. The first-order valence-corrected chi connectivity index (χ1v) is 33.1. The van der Waals surface area contributed by atoms with Gasteiger partial charge in [0.2, 0.25) is 0 Å². The Hall–Kier alpha value is -6.95. The van der Waals surface area contributed by atoms with Crippen LogP contribution in [0.25, 0.3) is 0 Å². The number of rotatable bonds is 3. The predicted octanol–water partition coefficient (Wildman–Crippen LogP) is 11.3. The SMILES string of the molecule is CC(C)(C)c1ccc2c(n1)N1C[C@@H](CCC(c3cc(Br)ccn3)Nc3cccc(n3)S(=O)(=O)NC2=O)CC1(C)C.CC(C)(C)c1ccc2c(n1)N1C[C@@H](CCC(c3cc(C(C)(C)O)ccn3)Nc3cccc(n3)S(=O)(=O)NC2=O)CC1(C)C.CC(C)=O. The van der Waals surface area contributed by atoms with Gasteiger partial charge < -0.3 is 30.3 Å². The van der Waals surface area contributed by atoms with E-state index in [1.54, 1.807) is 80.8 Å². The summed E-state index contributed by atoms with van der Waals surface area (Å²) in [7, 11) is -8.57. The Kier molecular flexibility index (Phi) is 19.2. The summed E-state index contributed by atoms with van der Waals surface area (Å²) >= 11 is 3.54. The van der Waals surface area contributed by atoms with Crippen molar-refractivity contribution in [3.8, 4) is 0 Å². The van der Waals surface area contributed by atoms with Gasteiger partial charge in [-0.3, -0.25) is 19.6 Å². The highest BCUT2D eigenvalue weighted by molar-refractivity contribution is 9.10. The Balaban J connectivity index is 0.000000213. The first kappa shape index (κ1) is 66.0. The van der Waals surface area contributed by atoms with Crippen LogP contribution in [-0.2, 0) is 41.3 Å². The number of fused-ring (bicyclic) bond motifs is 12. The minimum Gasteiger partial charge on any atom is -0.386 e. The van der Waals surface area contributed by atoms with Gasteiger partial charge in [0.25, 0.3) is 31.9 Å². The van der Waals surface area contributed by atoms with E-state index in [-0.39, 0.29) is 66.9 Å². The molecule has 87 heavy (non-hydrogen) atoms. The molecule has 2 unspecified atom stereocenters. The van der Waals surface area contributed by atoms with Crippen molar-refractivity contribution in [3.05, 3.63) is 141 Å². The van der Waals surface area contributed by atoms with Crippen molar-refractivity contribution in [1.29, 1.82) is 0 Å². The Morgan fingerprint density at radius 3 is 1.38 bits per heavy atom. The largest absolute Gasteiger partial charge is 0.386 e. The number of amides is 2. The number of nitrogens with zero attached hydrogens (tertiary/aromatic N) is 8. The van der Waals surface area contributed by atoms with Crippen LogP contribution in [0.1, 0.15) is 197 Å². The van der Waals surface area contributed by atoms with E-state index in [4.69, 9.17) is 9.97 Å². The van der Waals surface area contributed by atoms with E-state index in [1.807, 2.05) is 18.2 Å². The summed E-state index contributed by atoms with van der Waals surface area (Å²) in [6, 6.07) is 23.3. The van der Waals surface area contributed by atoms with Crippen molar-refractivity contribution >= 4 is 76.8 Å². The number of anilines is 4. The maximum atomic E-state index is 13.6. The van der Waals surface area contributed by atoms with E-state index in [1.165, 1.54) is 26.0 Å². The Morgan fingerprint density at radius 1 is 0.586 bits per heavy atom. The molecular weight excluding hydrogens is 1210 g/mol. The molecule has 0 radical (unpaired) electrons. The molecule has 20 nitrogen and oxygen atoms in total. The van der Waals surface area contributed by atoms with Crippen molar-refractivity contribution in [2.75, 3.05) is 33.5 Å². The van der Waals surface area contributed by atoms with E-state index in [2.05, 4.69) is 135 Å². The fraction of sp³-hybridized carbons (Fsp3) is 0.484. The summed E-state index contributed by atoms with van der Waals surface area (Å²) in [6.07, 6.45) is 8.38. The molecule has 4 atom stereocenters. The van der Waals surface area contributed by atoms with Crippen LogP contribution in [0, 0.1) is 11.8 Å². The van der Waals surface area contributed by atoms with Gasteiger partial charge in [-0.25, -0.2) is 29.4 Å². The van der Waals surface area contributed by atoms with Crippen molar-refractivity contribution in [1.82, 2.24) is 39.3 Å². The lowest BCUT2D eigenvalue weighted by Crippen LogP contribution is -2.41. The number of carbonyl (C=O) groups excluding carboxylic acids is 3. The average molecular weight is 1290 g/mol. The molecule has 10 heterocycles. The number of hydrogen-bond acceptors (Lipinski definition) is 18. The number of Topliss-reactive ketones (excluding diaryl/α,β-unsaturated/α-hetero) is 1. The van der Waals surface area contributed by atoms with Crippen LogP contribution >= 0.6 is 15.9 Å². The molecule has 0 aliphatic carbocycles. The number of aliphatic hydroxyl groups is 1. The summed E-state index contributed by atoms with van der Waals surface area (Å²) in [6.45, 7) is 28.8. The summed E-state index contributed by atoms with van der Waals surface area (Å²) in [5, 5.41) is 16.9. The van der Waals surface area contributed by atoms with Gasteiger partial charge >= 0.3 is 0 Å². The van der Waals surface area contributed by atoms with E-state index in [0.29, 0.717) is 48.7 Å². The van der Waals surface area contributed by atoms with Gasteiger partial charge in [-0.05, 0) is 184 Å². The van der Waals surface area contributed by atoms with Crippen molar-refractivity contribution in [2.24, 2.45) is 11.8 Å². The maximum Gasteiger partial charge on any atom is 0.281 e. The Labute approximate surface area is 521 Å². The lowest BCUT2D eigenvalue weighted by atomic mass is 9.90. The number of aromatic nitrogens is 6. The van der Waals surface area contributed by atoms with Gasteiger partial charge in [0.05, 0.1) is 40.2 Å². The Morgan fingerprint density at radius 2 is 0.989 bits per heavy atom. The first-order chi connectivity index (χ1) is 40.4. The number of sulfonamides is 2. The first-order valence-electron chi connectivity index (χ1n) is 29.4. The average Bonchev–Trinajstić information content (AvgIpc) is 1.80. The fourth-order valence-electron chi connectivity index (χ4n) is 11.5. The van der Waals surface area contributed by atoms with E-state index < -0.39 is 37.5 Å². The third-order valence-corrected chi connectivity index (χ3v) is 18.9. The predicted molar refractivity (Wildman–Crippen MR) is 342 cm³/mol. The highest BCUT2D eigenvalue weighted by Gasteiger charge is 2.44. The quantitative estimate of drug-likeness (QED) is 0.110. The molecule has 2 saturated heterocycles. The monoisotopic (exact) mass is 1290 g/mol. The zero-order valence-electron chi connectivity index (χ0n) is 52.3. The lowest BCUT2D eigenvalue weighted by molar-refractivity contribution is -0.115. The highest BCUT2D eigenvalue weighted by atomic mass is 79.9. The number of nitrogens with one attached hydrogen (secondary N) is 4. The van der Waals surface area contributed by atoms with Gasteiger partial charge in [-0.2, -0.15) is 16.8 Å². The topological polar surface area (TPSA) is 272 Å². The van der Waals surface area contributed by atoms with Crippen LogP contribution in [-0.4, -0.2) is 93.6 Å². The third kappa shape index (κ3) is 16.0. The van der Waals surface area contributed by atoms with Crippen LogP contribution in [0.15, 0.2) is 112 Å². The molecule has 8 bridgehead atoms. The Bertz CT molecular complexity index is 3780. The van der Waals surface area contributed by atoms with Crippen molar-refractivity contribution in [2.45, 2.75) is 185 Å². The second kappa shape index (κ2) is 25.3. The molecule has 6 aromatic heterocycles. The molecule has 0 aromatic carbocycles. The molecule has 6 aromatic rings. The van der Waals surface area contributed by atoms with Gasteiger partial charge in [-0.1, -0.05) is 69.6 Å². The van der Waals surface area contributed by atoms with Crippen molar-refractivity contribution in [3.63, 3.8) is 0 Å². The lowest BCUT2D eigenvalue weighted by Gasteiger charge is -2.34. The minimum atomic E-state index is -4.31. The molecule has 4 aliphatic heterocycles. The smallest absolute Gasteiger partial charge is 0.281 e. The normalized spacial score (nSPS) is 21.5. The second-order valence-corrected chi connectivity index (χ2v) is 31.3. The summed E-state index contributed by atoms with van der Waals surface area (Å²) in [5.74, 6) is 1.02. The van der Waals surface area contributed by atoms with Crippen LogP contribution in [0.5, 0.6) is 0 Å². The number of halogens is 1. The van der Waals surface area contributed by atoms with E-state index in [0.717, 1.165) is 64.9 Å². The van der Waals surface area contributed by atoms with E-state index >= 15 is 0 Å². The van der Waals surface area contributed by atoms with Crippen LogP contribution in [0.4, 0.5) is 23.3 Å². The number of pyridine rings is 6. The minimum absolute atomic E-state index is 0.167. The van der Waals surface area contributed by atoms with E-state index in [9.17, 15) is 36.3 Å².